The van der Waals surface area contributed by atoms with Crippen LogP contribution in [-0.4, -0.2) is 24.1 Å². The second kappa shape index (κ2) is 10.5. The second-order valence-electron chi connectivity index (χ2n) is 9.08. The predicted molar refractivity (Wildman–Crippen MR) is 145 cm³/mol. The van der Waals surface area contributed by atoms with E-state index in [4.69, 9.17) is 10.5 Å². The van der Waals surface area contributed by atoms with E-state index in [1.54, 1.807) is 6.07 Å². The van der Waals surface area contributed by atoms with Crippen molar-refractivity contribution in [3.63, 3.8) is 0 Å². The average molecular weight is 521 g/mol. The molecule has 9 heteroatoms. The molecule has 1 amide bonds. The summed E-state index contributed by atoms with van der Waals surface area (Å²) in [6.07, 6.45) is -0.334. The number of ether oxygens (including phenoxy) is 1. The summed E-state index contributed by atoms with van der Waals surface area (Å²) < 4.78 is 35.5. The summed E-state index contributed by atoms with van der Waals surface area (Å²) in [5.74, 6) is -0.607. The SMILES string of the molecule is Cc1cc(C)c(Cn2nc(OC(C)c3ccccc3)cc2C(=O)NS(=O)(=O)c2cccc(N)c2)c(C)c1.[HH]. The smallest absolute Gasteiger partial charge is 0.283 e. The Morgan fingerprint density at radius 2 is 1.70 bits per heavy atom. The molecular weight excluding hydrogens is 488 g/mol. The number of aryl methyl sites for hydroxylation is 3. The highest BCUT2D eigenvalue weighted by molar-refractivity contribution is 7.90. The first kappa shape index (κ1) is 26.0. The zero-order valence-electron chi connectivity index (χ0n) is 21.2. The number of benzene rings is 3. The van der Waals surface area contributed by atoms with E-state index in [0.717, 1.165) is 27.8 Å². The first-order valence-corrected chi connectivity index (χ1v) is 13.3. The van der Waals surface area contributed by atoms with Crippen molar-refractivity contribution in [1.29, 1.82) is 0 Å². The van der Waals surface area contributed by atoms with Crippen LogP contribution < -0.4 is 15.2 Å². The third kappa shape index (κ3) is 6.00. The summed E-state index contributed by atoms with van der Waals surface area (Å²) in [7, 11) is -4.16. The zero-order chi connectivity index (χ0) is 26.7. The number of rotatable bonds is 8. The Labute approximate surface area is 218 Å². The van der Waals surface area contributed by atoms with E-state index >= 15 is 0 Å². The van der Waals surface area contributed by atoms with Gasteiger partial charge in [-0.3, -0.25) is 9.48 Å². The fraction of sp³-hybridized carbons (Fsp3) is 0.214. The van der Waals surface area contributed by atoms with Crippen LogP contribution in [0.15, 0.2) is 77.7 Å². The molecule has 1 heterocycles. The zero-order valence-corrected chi connectivity index (χ0v) is 22.0. The molecule has 1 unspecified atom stereocenters. The Balaban J connectivity index is 0.00000400. The summed E-state index contributed by atoms with van der Waals surface area (Å²) in [6.45, 7) is 8.17. The van der Waals surface area contributed by atoms with Crippen molar-refractivity contribution in [3.05, 3.63) is 106 Å². The van der Waals surface area contributed by atoms with Crippen molar-refractivity contribution in [2.75, 3.05) is 5.73 Å². The van der Waals surface area contributed by atoms with Crippen LogP contribution in [-0.2, 0) is 16.6 Å². The number of hydrogen-bond donors (Lipinski definition) is 2. The van der Waals surface area contributed by atoms with Gasteiger partial charge < -0.3 is 10.5 Å². The van der Waals surface area contributed by atoms with Gasteiger partial charge in [0.05, 0.1) is 11.4 Å². The van der Waals surface area contributed by atoms with Gasteiger partial charge in [-0.15, -0.1) is 5.10 Å². The molecule has 4 aromatic rings. The highest BCUT2D eigenvalue weighted by atomic mass is 32.2. The number of nitrogens with zero attached hydrogens (tertiary/aromatic N) is 2. The lowest BCUT2D eigenvalue weighted by molar-refractivity contribution is 0.0971. The predicted octanol–water partition coefficient (Wildman–Crippen LogP) is 4.94. The number of nitrogens with two attached hydrogens (primary N) is 1. The molecule has 0 saturated carbocycles. The van der Waals surface area contributed by atoms with Crippen LogP contribution in [0.3, 0.4) is 0 Å². The van der Waals surface area contributed by atoms with Crippen LogP contribution in [0.5, 0.6) is 5.88 Å². The lowest BCUT2D eigenvalue weighted by Gasteiger charge is -2.14. The first-order valence-electron chi connectivity index (χ1n) is 11.8. The molecule has 194 valence electrons. The maximum atomic E-state index is 13.3. The molecule has 0 fully saturated rings. The second-order valence-corrected chi connectivity index (χ2v) is 10.8. The quantitative estimate of drug-likeness (QED) is 0.318. The van der Waals surface area contributed by atoms with Gasteiger partial charge in [-0.05, 0) is 68.1 Å². The molecule has 8 nitrogen and oxygen atoms in total. The van der Waals surface area contributed by atoms with Gasteiger partial charge in [0.25, 0.3) is 15.9 Å². The lowest BCUT2D eigenvalue weighted by Crippen LogP contribution is -2.32. The fourth-order valence-corrected chi connectivity index (χ4v) is 5.27. The van der Waals surface area contributed by atoms with Crippen molar-refractivity contribution in [2.24, 2.45) is 0 Å². The normalized spacial score (nSPS) is 12.2. The maximum absolute atomic E-state index is 13.3. The van der Waals surface area contributed by atoms with Crippen molar-refractivity contribution >= 4 is 21.6 Å². The highest BCUT2D eigenvalue weighted by Crippen LogP contribution is 2.24. The summed E-state index contributed by atoms with van der Waals surface area (Å²) in [5, 5.41) is 4.53. The third-order valence-corrected chi connectivity index (χ3v) is 7.43. The molecule has 0 spiro atoms. The molecule has 1 atom stereocenters. The molecule has 37 heavy (non-hydrogen) atoms. The highest BCUT2D eigenvalue weighted by Gasteiger charge is 2.24. The van der Waals surface area contributed by atoms with Crippen molar-refractivity contribution in [2.45, 2.75) is 45.2 Å². The Morgan fingerprint density at radius 3 is 2.35 bits per heavy atom. The topological polar surface area (TPSA) is 116 Å². The minimum absolute atomic E-state index is 0. The summed E-state index contributed by atoms with van der Waals surface area (Å²) in [4.78, 5) is 13.2. The molecule has 0 aliphatic rings. The van der Waals surface area contributed by atoms with E-state index in [9.17, 15) is 13.2 Å². The summed E-state index contributed by atoms with van der Waals surface area (Å²) in [5.41, 5.74) is 11.2. The van der Waals surface area contributed by atoms with E-state index in [1.807, 2.05) is 58.0 Å². The molecule has 3 aromatic carbocycles. The molecule has 0 saturated heterocycles. The number of amides is 1. The van der Waals surface area contributed by atoms with Gasteiger partial charge in [-0.25, -0.2) is 13.1 Å². The van der Waals surface area contributed by atoms with Gasteiger partial charge in [-0.2, -0.15) is 0 Å². The standard InChI is InChI=1S/C28H30N4O4S.H2/c1-18-13-19(2)25(20(3)14-18)17-32-26(16-27(30-32)36-21(4)22-9-6-5-7-10-22)28(33)31-37(34,35)24-12-8-11-23(29)15-24;/h5-16,21H,17,29H2,1-4H3,(H,31,33);1H. The Bertz CT molecular complexity index is 1530. The number of aromatic nitrogens is 2. The van der Waals surface area contributed by atoms with E-state index in [2.05, 4.69) is 22.0 Å². The number of nitrogen functional groups attached to an aromatic ring is 1. The Hall–Kier alpha value is -4.11. The molecule has 0 bridgehead atoms. The van der Waals surface area contributed by atoms with Crippen molar-refractivity contribution in [3.8, 4) is 5.88 Å². The largest absolute Gasteiger partial charge is 0.469 e. The molecule has 1 aromatic heterocycles. The van der Waals surface area contributed by atoms with Gasteiger partial charge in [0.1, 0.15) is 11.8 Å². The van der Waals surface area contributed by atoms with Gasteiger partial charge in [0.2, 0.25) is 5.88 Å². The van der Waals surface area contributed by atoms with E-state index < -0.39 is 15.9 Å². The number of hydrogen-bond acceptors (Lipinski definition) is 6. The monoisotopic (exact) mass is 520 g/mol. The van der Waals surface area contributed by atoms with Crippen LogP contribution in [0.1, 0.15) is 52.8 Å². The first-order chi connectivity index (χ1) is 17.5. The van der Waals surface area contributed by atoms with Crippen LogP contribution >= 0.6 is 0 Å². The molecule has 4 rings (SSSR count). The van der Waals surface area contributed by atoms with E-state index in [1.165, 1.54) is 28.9 Å². The van der Waals surface area contributed by atoms with Crippen molar-refractivity contribution < 1.29 is 19.4 Å². The molecular formula is C28H32N4O4S. The van der Waals surface area contributed by atoms with Crippen LogP contribution in [0, 0.1) is 20.8 Å². The van der Waals surface area contributed by atoms with Gasteiger partial charge >= 0.3 is 0 Å². The lowest BCUT2D eigenvalue weighted by atomic mass is 10.00. The van der Waals surface area contributed by atoms with Crippen LogP contribution in [0.2, 0.25) is 0 Å². The van der Waals surface area contributed by atoms with Crippen LogP contribution in [0.25, 0.3) is 0 Å². The minimum atomic E-state index is -4.16. The number of anilines is 1. The third-order valence-electron chi connectivity index (χ3n) is 6.10. The number of nitrogens with one attached hydrogen (secondary N) is 1. The number of carbonyl (C=O) groups is 1. The Morgan fingerprint density at radius 1 is 1.03 bits per heavy atom. The van der Waals surface area contributed by atoms with Gasteiger partial charge in [-0.1, -0.05) is 54.1 Å². The fourth-order valence-electron chi connectivity index (χ4n) is 4.25. The molecule has 3 N–H and O–H groups in total. The van der Waals surface area contributed by atoms with Gasteiger partial charge in [0, 0.05) is 13.2 Å². The molecule has 0 radical (unpaired) electrons. The van der Waals surface area contributed by atoms with E-state index in [0.29, 0.717) is 0 Å². The molecule has 0 aliphatic carbocycles. The van der Waals surface area contributed by atoms with Gasteiger partial charge in [0.15, 0.2) is 0 Å². The Kier molecular flexibility index (Phi) is 7.35. The summed E-state index contributed by atoms with van der Waals surface area (Å²) in [6, 6.07) is 20.9. The molecule has 0 aliphatic heterocycles. The summed E-state index contributed by atoms with van der Waals surface area (Å²) >= 11 is 0. The maximum Gasteiger partial charge on any atom is 0.283 e. The average Bonchev–Trinajstić information content (AvgIpc) is 3.24. The van der Waals surface area contributed by atoms with Crippen LogP contribution in [0.4, 0.5) is 5.69 Å². The number of carbonyl (C=O) groups excluding carboxylic acids is 1. The minimum Gasteiger partial charge on any atom is -0.469 e. The number of sulfonamides is 1. The van der Waals surface area contributed by atoms with E-state index in [-0.39, 0.29) is 36.2 Å². The van der Waals surface area contributed by atoms with Crippen molar-refractivity contribution in [1.82, 2.24) is 14.5 Å².